The second-order valence-electron chi connectivity index (χ2n) is 13.8. The van der Waals surface area contributed by atoms with Gasteiger partial charge in [0.15, 0.2) is 8.32 Å². The number of carbonyl (C=O) groups is 1. The molecule has 0 bridgehead atoms. The van der Waals surface area contributed by atoms with Gasteiger partial charge in [0, 0.05) is 4.90 Å². The van der Waals surface area contributed by atoms with Crippen molar-refractivity contribution in [2.75, 3.05) is 6.61 Å². The standard InChI is InChI=1S/C40H48O6SSi/c1-29-22-24-33(25-23-29)47-39-37(43-27-31-18-12-8-13-19-31)36(42-26-30-16-10-7-11-17-30)35(46-48(5,6)40(2,3)4)34(45-39)28-44-38(41)32-20-14-9-15-21-32/h7-25,34-37,39H,26-28H2,1-6H3/t34-,35-,36+,37-,39+/m0/s1. The number of carbonyl (C=O) groups excluding carboxylic acids is 1. The molecule has 48 heavy (non-hydrogen) atoms. The molecule has 5 atom stereocenters. The fraction of sp³-hybridized carbons (Fsp3) is 0.375. The third kappa shape index (κ3) is 9.68. The summed E-state index contributed by atoms with van der Waals surface area (Å²) >= 11 is 1.59. The first-order chi connectivity index (χ1) is 23.0. The molecule has 1 fully saturated rings. The van der Waals surface area contributed by atoms with Crippen molar-refractivity contribution in [3.05, 3.63) is 138 Å². The van der Waals surface area contributed by atoms with E-state index in [9.17, 15) is 4.79 Å². The molecular weight excluding hydrogens is 637 g/mol. The van der Waals surface area contributed by atoms with E-state index in [4.69, 9.17) is 23.4 Å². The summed E-state index contributed by atoms with van der Waals surface area (Å²) in [6.45, 7) is 13.9. The Morgan fingerprint density at radius 2 is 1.25 bits per heavy atom. The van der Waals surface area contributed by atoms with Crippen LogP contribution in [-0.4, -0.2) is 50.7 Å². The van der Waals surface area contributed by atoms with Crippen LogP contribution >= 0.6 is 11.8 Å². The minimum absolute atomic E-state index is 0.00851. The van der Waals surface area contributed by atoms with Crippen LogP contribution in [0.15, 0.2) is 120 Å². The molecule has 1 saturated heterocycles. The average molecular weight is 685 g/mol. The molecular formula is C40H48O6SSi. The van der Waals surface area contributed by atoms with Crippen molar-refractivity contribution < 1.29 is 28.2 Å². The number of benzene rings is 4. The van der Waals surface area contributed by atoms with Gasteiger partial charge in [-0.15, -0.1) is 0 Å². The lowest BCUT2D eigenvalue weighted by atomic mass is 9.99. The number of ether oxygens (including phenoxy) is 4. The Morgan fingerprint density at radius 3 is 1.79 bits per heavy atom. The number of hydrogen-bond acceptors (Lipinski definition) is 7. The van der Waals surface area contributed by atoms with E-state index in [2.05, 4.69) is 89.3 Å². The van der Waals surface area contributed by atoms with Crippen LogP contribution in [0.4, 0.5) is 0 Å². The smallest absolute Gasteiger partial charge is 0.338 e. The highest BCUT2D eigenvalue weighted by Crippen LogP contribution is 2.43. The SMILES string of the molecule is Cc1ccc(S[C@H]2O[C@@H](COC(=O)c3ccccc3)[C@H](O[Si](C)(C)C(C)(C)C)[C@@H](OCc3ccccc3)[C@@H]2OCc2ccccc2)cc1. The minimum Gasteiger partial charge on any atom is -0.459 e. The Labute approximate surface area is 291 Å². The number of hydrogen-bond donors (Lipinski definition) is 0. The third-order valence-corrected chi connectivity index (χ3v) is 14.7. The van der Waals surface area contributed by atoms with Crippen molar-refractivity contribution in [3.63, 3.8) is 0 Å². The lowest BCUT2D eigenvalue weighted by Gasteiger charge is -2.49. The first-order valence-electron chi connectivity index (χ1n) is 16.6. The molecule has 8 heteroatoms. The molecule has 0 aromatic heterocycles. The molecule has 0 unspecified atom stereocenters. The number of aryl methyl sites for hydroxylation is 1. The second-order valence-corrected chi connectivity index (χ2v) is 19.7. The van der Waals surface area contributed by atoms with Crippen molar-refractivity contribution >= 4 is 26.0 Å². The second kappa shape index (κ2) is 16.4. The zero-order valence-electron chi connectivity index (χ0n) is 28.8. The van der Waals surface area contributed by atoms with Crippen LogP contribution in [0.1, 0.15) is 47.8 Å². The van der Waals surface area contributed by atoms with Gasteiger partial charge in [-0.3, -0.25) is 0 Å². The van der Waals surface area contributed by atoms with Crippen molar-refractivity contribution in [1.29, 1.82) is 0 Å². The van der Waals surface area contributed by atoms with Crippen molar-refractivity contribution in [1.82, 2.24) is 0 Å². The maximum atomic E-state index is 13.2. The summed E-state index contributed by atoms with van der Waals surface area (Å²) in [6, 6.07) is 37.7. The van der Waals surface area contributed by atoms with Crippen molar-refractivity contribution in [2.45, 2.75) is 93.8 Å². The predicted octanol–water partition coefficient (Wildman–Crippen LogP) is 9.23. The Morgan fingerprint density at radius 1 is 0.729 bits per heavy atom. The summed E-state index contributed by atoms with van der Waals surface area (Å²) in [5, 5.41) is -0.0872. The normalized spacial score (nSPS) is 21.5. The third-order valence-electron chi connectivity index (χ3n) is 9.06. The Balaban J connectivity index is 1.53. The zero-order valence-corrected chi connectivity index (χ0v) is 30.7. The fourth-order valence-electron chi connectivity index (χ4n) is 5.23. The highest BCUT2D eigenvalue weighted by Gasteiger charge is 2.52. The molecule has 4 aromatic carbocycles. The number of thioether (sulfide) groups is 1. The van der Waals surface area contributed by atoms with E-state index < -0.39 is 44.1 Å². The Kier molecular flexibility index (Phi) is 12.3. The van der Waals surface area contributed by atoms with E-state index in [0.29, 0.717) is 18.8 Å². The predicted molar refractivity (Wildman–Crippen MR) is 195 cm³/mol. The molecule has 0 saturated carbocycles. The van der Waals surface area contributed by atoms with Crippen molar-refractivity contribution in [3.8, 4) is 0 Å². The molecule has 6 nitrogen and oxygen atoms in total. The highest BCUT2D eigenvalue weighted by atomic mass is 32.2. The summed E-state index contributed by atoms with van der Waals surface area (Å²) in [6.07, 6.45) is -2.20. The van der Waals surface area contributed by atoms with Crippen LogP contribution in [0.3, 0.4) is 0 Å². The molecule has 254 valence electrons. The summed E-state index contributed by atoms with van der Waals surface area (Å²) in [5.41, 5.74) is 3.29. The van der Waals surface area contributed by atoms with E-state index in [0.717, 1.165) is 16.0 Å². The number of esters is 1. The monoisotopic (exact) mass is 684 g/mol. The van der Waals surface area contributed by atoms with Gasteiger partial charge in [0.2, 0.25) is 0 Å². The Hall–Kier alpha value is -3.24. The van der Waals surface area contributed by atoms with E-state index in [-0.39, 0.29) is 11.6 Å². The molecule has 0 amide bonds. The van der Waals surface area contributed by atoms with E-state index >= 15 is 0 Å². The lowest BCUT2D eigenvalue weighted by Crippen LogP contribution is -2.63. The van der Waals surface area contributed by atoms with Gasteiger partial charge in [-0.2, -0.15) is 0 Å². The topological polar surface area (TPSA) is 63.2 Å². The molecule has 1 heterocycles. The summed E-state index contributed by atoms with van der Waals surface area (Å²) in [5.74, 6) is -0.405. The summed E-state index contributed by atoms with van der Waals surface area (Å²) in [7, 11) is -2.39. The van der Waals surface area contributed by atoms with Gasteiger partial charge < -0.3 is 23.4 Å². The largest absolute Gasteiger partial charge is 0.459 e. The lowest BCUT2D eigenvalue weighted by molar-refractivity contribution is -0.233. The van der Waals surface area contributed by atoms with Gasteiger partial charge in [-0.05, 0) is 60.4 Å². The first kappa shape index (κ1) is 36.0. The molecule has 0 aliphatic carbocycles. The highest BCUT2D eigenvalue weighted by molar-refractivity contribution is 7.99. The summed E-state index contributed by atoms with van der Waals surface area (Å²) < 4.78 is 33.8. The van der Waals surface area contributed by atoms with Crippen LogP contribution in [0, 0.1) is 6.92 Å². The quantitative estimate of drug-likeness (QED) is 0.103. The average Bonchev–Trinajstić information content (AvgIpc) is 3.08. The molecule has 0 N–H and O–H groups in total. The molecule has 1 aliphatic rings. The van der Waals surface area contributed by atoms with E-state index in [1.54, 1.807) is 23.9 Å². The molecule has 4 aromatic rings. The van der Waals surface area contributed by atoms with Gasteiger partial charge in [-0.25, -0.2) is 4.79 Å². The van der Waals surface area contributed by atoms with Gasteiger partial charge in [-0.1, -0.05) is 129 Å². The van der Waals surface area contributed by atoms with Crippen LogP contribution in [0.2, 0.25) is 18.1 Å². The Bertz CT molecular complexity index is 1560. The minimum atomic E-state index is -2.39. The molecule has 1 aliphatic heterocycles. The maximum Gasteiger partial charge on any atom is 0.338 e. The van der Waals surface area contributed by atoms with Crippen LogP contribution in [-0.2, 0) is 36.6 Å². The zero-order chi connectivity index (χ0) is 34.1. The molecule has 0 spiro atoms. The summed E-state index contributed by atoms with van der Waals surface area (Å²) in [4.78, 5) is 14.2. The van der Waals surface area contributed by atoms with Crippen LogP contribution < -0.4 is 0 Å². The maximum absolute atomic E-state index is 13.2. The molecule has 5 rings (SSSR count). The van der Waals surface area contributed by atoms with Gasteiger partial charge in [0.1, 0.15) is 36.5 Å². The van der Waals surface area contributed by atoms with E-state index in [1.165, 1.54) is 5.56 Å². The fourth-order valence-corrected chi connectivity index (χ4v) is 7.68. The first-order valence-corrected chi connectivity index (χ1v) is 20.4. The van der Waals surface area contributed by atoms with Gasteiger partial charge >= 0.3 is 5.97 Å². The van der Waals surface area contributed by atoms with Crippen LogP contribution in [0.25, 0.3) is 0 Å². The van der Waals surface area contributed by atoms with Gasteiger partial charge in [0.05, 0.1) is 18.8 Å². The molecule has 0 radical (unpaired) electrons. The number of rotatable bonds is 13. The van der Waals surface area contributed by atoms with Gasteiger partial charge in [0.25, 0.3) is 0 Å². The van der Waals surface area contributed by atoms with E-state index in [1.807, 2.05) is 54.6 Å². The van der Waals surface area contributed by atoms with Crippen molar-refractivity contribution in [2.24, 2.45) is 0 Å². The van der Waals surface area contributed by atoms with Crippen LogP contribution in [0.5, 0.6) is 0 Å².